The molecule has 21 heavy (non-hydrogen) atoms. The maximum Gasteiger partial charge on any atom is 0.276 e. The minimum atomic E-state index is -3.73. The highest BCUT2D eigenvalue weighted by atomic mass is 35.5. The van der Waals surface area contributed by atoms with Crippen molar-refractivity contribution in [3.63, 3.8) is 0 Å². The van der Waals surface area contributed by atoms with E-state index in [0.29, 0.717) is 16.3 Å². The predicted molar refractivity (Wildman–Crippen MR) is 82.1 cm³/mol. The van der Waals surface area contributed by atoms with Gasteiger partial charge in [0, 0.05) is 5.02 Å². The lowest BCUT2D eigenvalue weighted by Gasteiger charge is -2.05. The summed E-state index contributed by atoms with van der Waals surface area (Å²) >= 11 is 5.72. The third-order valence-electron chi connectivity index (χ3n) is 2.74. The van der Waals surface area contributed by atoms with E-state index in [1.165, 1.54) is 36.4 Å². The van der Waals surface area contributed by atoms with E-state index in [0.717, 1.165) is 0 Å². The van der Waals surface area contributed by atoms with E-state index in [1.54, 1.807) is 19.1 Å². The maximum atomic E-state index is 12.0. The molecule has 7 heteroatoms. The normalized spacial score (nSPS) is 12.2. The molecule has 0 amide bonds. The molecule has 0 saturated heterocycles. The molecule has 0 aliphatic rings. The first-order chi connectivity index (χ1) is 9.88. The molecule has 2 aromatic carbocycles. The number of hydrogen-bond donors (Lipinski definition) is 2. The average Bonchev–Trinajstić information content (AvgIpc) is 2.46. The minimum Gasteiger partial charge on any atom is -0.508 e. The van der Waals surface area contributed by atoms with Crippen molar-refractivity contribution in [3.05, 3.63) is 59.1 Å². The number of nitrogens with zero attached hydrogens (tertiary/aromatic N) is 1. The number of rotatable bonds is 4. The lowest BCUT2D eigenvalue weighted by Crippen LogP contribution is -2.19. The molecule has 0 fully saturated rings. The molecule has 2 aromatic rings. The first kappa shape index (κ1) is 15.3. The quantitative estimate of drug-likeness (QED) is 0.670. The third kappa shape index (κ3) is 3.96. The van der Waals surface area contributed by atoms with Gasteiger partial charge in [-0.25, -0.2) is 0 Å². The van der Waals surface area contributed by atoms with E-state index >= 15 is 0 Å². The van der Waals surface area contributed by atoms with Crippen molar-refractivity contribution in [1.82, 2.24) is 4.83 Å². The van der Waals surface area contributed by atoms with Crippen molar-refractivity contribution in [2.24, 2.45) is 5.10 Å². The van der Waals surface area contributed by atoms with Crippen molar-refractivity contribution in [1.29, 1.82) is 0 Å². The van der Waals surface area contributed by atoms with Gasteiger partial charge in [-0.3, -0.25) is 0 Å². The molecule has 0 radical (unpaired) electrons. The summed E-state index contributed by atoms with van der Waals surface area (Å²) in [6.45, 7) is 1.66. The molecule has 0 atom stereocenters. The third-order valence-corrected chi connectivity index (χ3v) is 4.22. The van der Waals surface area contributed by atoms with E-state index in [4.69, 9.17) is 11.6 Å². The van der Waals surface area contributed by atoms with Crippen LogP contribution in [-0.2, 0) is 10.0 Å². The van der Waals surface area contributed by atoms with Crippen LogP contribution in [0.2, 0.25) is 5.02 Å². The highest BCUT2D eigenvalue weighted by Crippen LogP contribution is 2.14. The molecule has 0 heterocycles. The molecular formula is C14H13ClN2O3S. The van der Waals surface area contributed by atoms with Crippen LogP contribution in [0.4, 0.5) is 0 Å². The van der Waals surface area contributed by atoms with Crippen LogP contribution in [0, 0.1) is 0 Å². The van der Waals surface area contributed by atoms with E-state index in [2.05, 4.69) is 9.93 Å². The zero-order valence-corrected chi connectivity index (χ0v) is 12.7. The molecule has 110 valence electrons. The Morgan fingerprint density at radius 2 is 1.67 bits per heavy atom. The van der Waals surface area contributed by atoms with Gasteiger partial charge in [0.1, 0.15) is 5.75 Å². The van der Waals surface area contributed by atoms with E-state index in [9.17, 15) is 13.5 Å². The molecule has 5 nitrogen and oxygen atoms in total. The number of hydrogen-bond acceptors (Lipinski definition) is 4. The van der Waals surface area contributed by atoms with Crippen LogP contribution in [0.3, 0.4) is 0 Å². The van der Waals surface area contributed by atoms with Crippen molar-refractivity contribution < 1.29 is 13.5 Å². The second kappa shape index (κ2) is 6.15. The molecule has 0 aliphatic carbocycles. The summed E-state index contributed by atoms with van der Waals surface area (Å²) in [7, 11) is -3.73. The number of hydrazone groups is 1. The zero-order valence-electron chi connectivity index (χ0n) is 11.1. The lowest BCUT2D eigenvalue weighted by molar-refractivity contribution is 0.475. The first-order valence-corrected chi connectivity index (χ1v) is 7.86. The van der Waals surface area contributed by atoms with Gasteiger partial charge in [0.05, 0.1) is 10.6 Å². The van der Waals surface area contributed by atoms with Crippen LogP contribution >= 0.6 is 11.6 Å². The average molecular weight is 325 g/mol. The highest BCUT2D eigenvalue weighted by Gasteiger charge is 2.12. The second-order valence-corrected chi connectivity index (χ2v) is 6.39. The summed E-state index contributed by atoms with van der Waals surface area (Å²) in [5.41, 5.74) is 1.18. The number of halogens is 1. The van der Waals surface area contributed by atoms with Gasteiger partial charge >= 0.3 is 0 Å². The Hall–Kier alpha value is -2.05. The Kier molecular flexibility index (Phi) is 4.50. The minimum absolute atomic E-state index is 0.0779. The van der Waals surface area contributed by atoms with Gasteiger partial charge in [0.2, 0.25) is 0 Å². The van der Waals surface area contributed by atoms with Crippen molar-refractivity contribution >= 4 is 27.3 Å². The Labute approximate surface area is 127 Å². The fourth-order valence-corrected chi connectivity index (χ4v) is 2.55. The molecule has 0 bridgehead atoms. The smallest absolute Gasteiger partial charge is 0.276 e. The highest BCUT2D eigenvalue weighted by molar-refractivity contribution is 7.89. The summed E-state index contributed by atoms with van der Waals surface area (Å²) in [6.07, 6.45) is 0. The van der Waals surface area contributed by atoms with Gasteiger partial charge in [-0.15, -0.1) is 0 Å². The molecular weight excluding hydrogens is 312 g/mol. The van der Waals surface area contributed by atoms with Crippen molar-refractivity contribution in [2.45, 2.75) is 11.8 Å². The summed E-state index contributed by atoms with van der Waals surface area (Å²) < 4.78 is 24.1. The molecule has 0 aromatic heterocycles. The standard InChI is InChI=1S/C14H13ClN2O3S/c1-10(11-2-6-13(18)7-3-11)16-17-21(19,20)14-8-4-12(15)5-9-14/h2-9,17-18H,1H3/b16-10+. The predicted octanol–water partition coefficient (Wildman–Crippen LogP) is 2.75. The van der Waals surface area contributed by atoms with Crippen LogP contribution in [0.25, 0.3) is 0 Å². The lowest BCUT2D eigenvalue weighted by atomic mass is 10.1. The van der Waals surface area contributed by atoms with Crippen LogP contribution in [-0.4, -0.2) is 19.2 Å². The zero-order chi connectivity index (χ0) is 15.5. The van der Waals surface area contributed by atoms with E-state index < -0.39 is 10.0 Å². The fourth-order valence-electron chi connectivity index (χ4n) is 1.56. The first-order valence-electron chi connectivity index (χ1n) is 5.99. The number of benzene rings is 2. The number of aromatic hydroxyl groups is 1. The largest absolute Gasteiger partial charge is 0.508 e. The Morgan fingerprint density at radius 3 is 2.24 bits per heavy atom. The van der Waals surface area contributed by atoms with Crippen molar-refractivity contribution in [2.75, 3.05) is 0 Å². The van der Waals surface area contributed by atoms with E-state index in [1.807, 2.05) is 0 Å². The number of sulfonamides is 1. The molecule has 0 spiro atoms. The molecule has 0 saturated carbocycles. The van der Waals surface area contributed by atoms with Crippen molar-refractivity contribution in [3.8, 4) is 5.75 Å². The Bertz CT molecular complexity index is 754. The monoisotopic (exact) mass is 324 g/mol. The van der Waals surface area contributed by atoms with Gasteiger partial charge < -0.3 is 5.11 Å². The Balaban J connectivity index is 2.18. The van der Waals surface area contributed by atoms with Gasteiger partial charge in [-0.2, -0.15) is 18.4 Å². The van der Waals surface area contributed by atoms with Gasteiger partial charge in [-0.1, -0.05) is 11.6 Å². The number of nitrogens with one attached hydrogen (secondary N) is 1. The molecule has 0 unspecified atom stereocenters. The van der Waals surface area contributed by atoms with Crippen LogP contribution < -0.4 is 4.83 Å². The Morgan fingerprint density at radius 1 is 1.10 bits per heavy atom. The number of phenolic OH excluding ortho intramolecular Hbond substituents is 1. The van der Waals surface area contributed by atoms with Gasteiger partial charge in [0.25, 0.3) is 10.0 Å². The fraction of sp³-hybridized carbons (Fsp3) is 0.0714. The SMILES string of the molecule is C/C(=N\NS(=O)(=O)c1ccc(Cl)cc1)c1ccc(O)cc1. The number of phenols is 1. The van der Waals surface area contributed by atoms with Gasteiger partial charge in [0.15, 0.2) is 0 Å². The van der Waals surface area contributed by atoms with Crippen LogP contribution in [0.5, 0.6) is 5.75 Å². The van der Waals surface area contributed by atoms with E-state index in [-0.39, 0.29) is 10.6 Å². The van der Waals surface area contributed by atoms with Crippen LogP contribution in [0.15, 0.2) is 58.5 Å². The molecule has 2 N–H and O–H groups in total. The van der Waals surface area contributed by atoms with Crippen LogP contribution in [0.1, 0.15) is 12.5 Å². The summed E-state index contributed by atoms with van der Waals surface area (Å²) in [6, 6.07) is 12.1. The molecule has 2 rings (SSSR count). The topological polar surface area (TPSA) is 78.8 Å². The molecule has 0 aliphatic heterocycles. The summed E-state index contributed by atoms with van der Waals surface area (Å²) in [5, 5.41) is 13.5. The second-order valence-electron chi connectivity index (χ2n) is 4.29. The van der Waals surface area contributed by atoms with Gasteiger partial charge in [-0.05, 0) is 61.0 Å². The summed E-state index contributed by atoms with van der Waals surface area (Å²) in [5.74, 6) is 0.133. The summed E-state index contributed by atoms with van der Waals surface area (Å²) in [4.78, 5) is 2.24. The maximum absolute atomic E-state index is 12.0.